The van der Waals surface area contributed by atoms with Crippen molar-refractivity contribution in [2.24, 2.45) is 0 Å². The van der Waals surface area contributed by atoms with Crippen LogP contribution in [0.3, 0.4) is 0 Å². The van der Waals surface area contributed by atoms with Crippen molar-refractivity contribution in [3.63, 3.8) is 0 Å². The van der Waals surface area contributed by atoms with Crippen LogP contribution in [0.4, 0.5) is 0 Å². The lowest BCUT2D eigenvalue weighted by Crippen LogP contribution is -2.25. The zero-order valence-corrected chi connectivity index (χ0v) is 6.12. The van der Waals surface area contributed by atoms with Crippen molar-refractivity contribution >= 4 is 18.2 Å². The maximum absolute atomic E-state index is 10.6. The highest BCUT2D eigenvalue weighted by molar-refractivity contribution is 5.78. The smallest absolute Gasteiger partial charge is 0.329 e. The van der Waals surface area contributed by atoms with Crippen LogP contribution >= 0.6 is 0 Å². The lowest BCUT2D eigenvalue weighted by molar-refractivity contribution is -0.156. The molecule has 0 aromatic rings. The van der Waals surface area contributed by atoms with E-state index in [1.807, 2.05) is 5.48 Å². The molecule has 5 heteroatoms. The number of amides is 1. The topological polar surface area (TPSA) is 72.5 Å². The van der Waals surface area contributed by atoms with Crippen LogP contribution in [0.15, 0.2) is 0 Å². The molecular weight excluding hydrogens is 150 g/mol. The first-order valence-electron chi connectivity index (χ1n) is 3.06. The Bertz CT molecular complexity index is 166. The van der Waals surface area contributed by atoms with E-state index in [1.54, 1.807) is 0 Å². The Balaban J connectivity index is 3.37. The van der Waals surface area contributed by atoms with Gasteiger partial charge in [-0.3, -0.25) is 9.59 Å². The first-order valence-corrected chi connectivity index (χ1v) is 3.06. The minimum absolute atomic E-state index is 0.0385. The molecule has 0 aliphatic heterocycles. The minimum atomic E-state index is -0.593. The monoisotopic (exact) mass is 159 g/mol. The summed E-state index contributed by atoms with van der Waals surface area (Å²) in [4.78, 5) is 34.6. The highest BCUT2D eigenvalue weighted by Gasteiger charge is 2.00. The Morgan fingerprint density at radius 2 is 2.18 bits per heavy atom. The lowest BCUT2D eigenvalue weighted by Gasteiger charge is -2.00. The molecule has 5 nitrogen and oxygen atoms in total. The summed E-state index contributed by atoms with van der Waals surface area (Å²) >= 11 is 0. The van der Waals surface area contributed by atoms with Gasteiger partial charge in [0.2, 0.25) is 0 Å². The van der Waals surface area contributed by atoms with Crippen LogP contribution in [0.1, 0.15) is 19.8 Å². The van der Waals surface area contributed by atoms with Gasteiger partial charge >= 0.3 is 5.97 Å². The Morgan fingerprint density at radius 3 is 2.64 bits per heavy atom. The summed E-state index contributed by atoms with van der Waals surface area (Å²) in [7, 11) is 0. The van der Waals surface area contributed by atoms with Crippen LogP contribution in [-0.4, -0.2) is 18.2 Å². The molecule has 0 radical (unpaired) electrons. The van der Waals surface area contributed by atoms with Gasteiger partial charge in [0.15, 0.2) is 0 Å². The summed E-state index contributed by atoms with van der Waals surface area (Å²) in [6.45, 7) is 1.17. The van der Waals surface area contributed by atoms with Crippen molar-refractivity contribution in [2.75, 3.05) is 0 Å². The summed E-state index contributed by atoms with van der Waals surface area (Å²) < 4.78 is 0. The van der Waals surface area contributed by atoms with E-state index < -0.39 is 11.9 Å². The molecule has 1 N–H and O–H groups in total. The zero-order valence-electron chi connectivity index (χ0n) is 6.12. The van der Waals surface area contributed by atoms with Gasteiger partial charge in [-0.05, 0) is 0 Å². The summed E-state index contributed by atoms with van der Waals surface area (Å²) in [5.74, 6) is -1.07. The van der Waals surface area contributed by atoms with Crippen LogP contribution in [-0.2, 0) is 19.2 Å². The molecule has 0 rings (SSSR count). The molecule has 62 valence electrons. The van der Waals surface area contributed by atoms with E-state index in [0.717, 1.165) is 0 Å². The van der Waals surface area contributed by atoms with Gasteiger partial charge in [-0.25, -0.2) is 0 Å². The van der Waals surface area contributed by atoms with Crippen LogP contribution < -0.4 is 5.48 Å². The van der Waals surface area contributed by atoms with Crippen molar-refractivity contribution in [1.82, 2.24) is 5.48 Å². The van der Waals surface area contributed by atoms with Crippen molar-refractivity contribution < 1.29 is 19.2 Å². The molecular formula is C6H9NO4. The summed E-state index contributed by atoms with van der Waals surface area (Å²) in [6, 6.07) is 0. The molecule has 0 heterocycles. The SMILES string of the molecule is CC(=O)ONC(=O)CCC=O. The highest BCUT2D eigenvalue weighted by Crippen LogP contribution is 1.83. The second-order valence-electron chi connectivity index (χ2n) is 1.82. The maximum atomic E-state index is 10.6. The van der Waals surface area contributed by atoms with Crippen molar-refractivity contribution in [3.8, 4) is 0 Å². The molecule has 1 amide bonds. The largest absolute Gasteiger partial charge is 0.341 e. The minimum Gasteiger partial charge on any atom is -0.341 e. The van der Waals surface area contributed by atoms with E-state index in [2.05, 4.69) is 4.84 Å². The number of hydrogen-bond donors (Lipinski definition) is 1. The number of aldehydes is 1. The number of hydrogen-bond acceptors (Lipinski definition) is 4. The molecule has 0 fully saturated rings. The summed E-state index contributed by atoms with van der Waals surface area (Å²) in [5.41, 5.74) is 1.87. The Kier molecular flexibility index (Phi) is 4.72. The standard InChI is InChI=1S/C6H9NO4/c1-5(9)11-7-6(10)3-2-4-8/h4H,2-3H2,1H3,(H,7,10). The normalized spacial score (nSPS) is 8.45. The molecule has 0 aliphatic carbocycles. The molecule has 0 spiro atoms. The molecule has 0 aromatic carbocycles. The van der Waals surface area contributed by atoms with Gasteiger partial charge in [0, 0.05) is 19.8 Å². The second-order valence-corrected chi connectivity index (χ2v) is 1.82. The first-order chi connectivity index (χ1) is 5.16. The number of carbonyl (C=O) groups is 3. The Morgan fingerprint density at radius 1 is 1.55 bits per heavy atom. The van der Waals surface area contributed by atoms with E-state index in [-0.39, 0.29) is 12.8 Å². The number of rotatable bonds is 3. The van der Waals surface area contributed by atoms with E-state index in [0.29, 0.717) is 6.29 Å². The van der Waals surface area contributed by atoms with E-state index in [9.17, 15) is 14.4 Å². The molecule has 0 aromatic heterocycles. The predicted octanol–water partition coefficient (Wildman–Crippen LogP) is -0.440. The van der Waals surface area contributed by atoms with Crippen LogP contribution in [0, 0.1) is 0 Å². The van der Waals surface area contributed by atoms with Crippen molar-refractivity contribution in [2.45, 2.75) is 19.8 Å². The van der Waals surface area contributed by atoms with Gasteiger partial charge < -0.3 is 9.63 Å². The van der Waals surface area contributed by atoms with Crippen LogP contribution in [0.25, 0.3) is 0 Å². The fourth-order valence-corrected chi connectivity index (χ4v) is 0.370. The van der Waals surface area contributed by atoms with E-state index >= 15 is 0 Å². The quantitative estimate of drug-likeness (QED) is 0.447. The first kappa shape index (κ1) is 9.61. The molecule has 0 bridgehead atoms. The third-order valence-electron chi connectivity index (χ3n) is 0.798. The third-order valence-corrected chi connectivity index (χ3v) is 0.798. The van der Waals surface area contributed by atoms with Gasteiger partial charge in [-0.2, -0.15) is 5.48 Å². The molecule has 0 aliphatic rings. The fourth-order valence-electron chi connectivity index (χ4n) is 0.370. The molecule has 0 saturated heterocycles. The maximum Gasteiger partial charge on any atom is 0.329 e. The predicted molar refractivity (Wildman–Crippen MR) is 35.2 cm³/mol. The molecule has 0 atom stereocenters. The second kappa shape index (κ2) is 5.40. The molecule has 0 unspecified atom stereocenters. The van der Waals surface area contributed by atoms with E-state index in [1.165, 1.54) is 6.92 Å². The average Bonchev–Trinajstić information content (AvgIpc) is 1.97. The molecule has 0 saturated carbocycles. The average molecular weight is 159 g/mol. The zero-order chi connectivity index (χ0) is 8.69. The number of hydroxylamine groups is 1. The number of carbonyl (C=O) groups excluding carboxylic acids is 3. The van der Waals surface area contributed by atoms with E-state index in [4.69, 9.17) is 0 Å². The van der Waals surface area contributed by atoms with Gasteiger partial charge in [-0.1, -0.05) is 0 Å². The van der Waals surface area contributed by atoms with Gasteiger partial charge in [0.05, 0.1) is 0 Å². The fraction of sp³-hybridized carbons (Fsp3) is 0.500. The summed E-state index contributed by atoms with van der Waals surface area (Å²) in [5, 5.41) is 0. The summed E-state index contributed by atoms with van der Waals surface area (Å²) in [6.07, 6.45) is 0.789. The van der Waals surface area contributed by atoms with Gasteiger partial charge in [0.25, 0.3) is 5.91 Å². The third kappa shape index (κ3) is 6.50. The van der Waals surface area contributed by atoms with Gasteiger partial charge in [0.1, 0.15) is 6.29 Å². The highest BCUT2D eigenvalue weighted by atomic mass is 16.7. The van der Waals surface area contributed by atoms with Crippen molar-refractivity contribution in [1.29, 1.82) is 0 Å². The lowest BCUT2D eigenvalue weighted by atomic mass is 10.3. The molecule has 11 heavy (non-hydrogen) atoms. The van der Waals surface area contributed by atoms with Crippen LogP contribution in [0.5, 0.6) is 0 Å². The number of nitrogens with one attached hydrogen (secondary N) is 1. The Labute approximate surface area is 63.7 Å². The Hall–Kier alpha value is -1.39. The van der Waals surface area contributed by atoms with Gasteiger partial charge in [-0.15, -0.1) is 0 Å². The van der Waals surface area contributed by atoms with Crippen LogP contribution in [0.2, 0.25) is 0 Å². The van der Waals surface area contributed by atoms with Crippen molar-refractivity contribution in [3.05, 3.63) is 0 Å².